The van der Waals surface area contributed by atoms with Crippen molar-refractivity contribution in [2.24, 2.45) is 0 Å². The van der Waals surface area contributed by atoms with Gasteiger partial charge in [0.1, 0.15) is 0 Å². The van der Waals surface area contributed by atoms with Crippen molar-refractivity contribution in [3.63, 3.8) is 0 Å². The summed E-state index contributed by atoms with van der Waals surface area (Å²) in [5.74, 6) is 0. The molecule has 0 saturated heterocycles. The molecule has 0 heterocycles. The highest BCUT2D eigenvalue weighted by Gasteiger charge is 2.52. The van der Waals surface area contributed by atoms with Crippen LogP contribution in [0.3, 0.4) is 0 Å². The highest BCUT2D eigenvalue weighted by atomic mass is 32.2. The third-order valence-electron chi connectivity index (χ3n) is 2.04. The van der Waals surface area contributed by atoms with Crippen LogP contribution in [0.5, 0.6) is 0 Å². The molecule has 1 N–H and O–H groups in total. The lowest BCUT2D eigenvalue weighted by molar-refractivity contribution is 0.0767. The summed E-state index contributed by atoms with van der Waals surface area (Å²) in [6, 6.07) is 1.74. The zero-order chi connectivity index (χ0) is 8.70. The van der Waals surface area contributed by atoms with E-state index >= 15 is 0 Å². The second-order valence-electron chi connectivity index (χ2n) is 2.94. The molecule has 5 heteroatoms. The summed E-state index contributed by atoms with van der Waals surface area (Å²) in [5, 5.41) is 17.4. The minimum absolute atomic E-state index is 0.0579. The maximum Gasteiger partial charge on any atom is 0.166 e. The van der Waals surface area contributed by atoms with Gasteiger partial charge in [-0.25, -0.2) is 8.42 Å². The first-order valence-corrected chi connectivity index (χ1v) is 5.09. The Morgan fingerprint density at radius 2 is 2.09 bits per heavy atom. The van der Waals surface area contributed by atoms with Crippen molar-refractivity contribution in [1.29, 1.82) is 5.26 Å². The van der Waals surface area contributed by atoms with Crippen LogP contribution >= 0.6 is 0 Å². The van der Waals surface area contributed by atoms with Gasteiger partial charge in [0.05, 0.1) is 12.2 Å². The highest BCUT2D eigenvalue weighted by molar-refractivity contribution is 7.92. The van der Waals surface area contributed by atoms with Gasteiger partial charge in [-0.15, -0.1) is 0 Å². The van der Waals surface area contributed by atoms with E-state index in [1.165, 1.54) is 0 Å². The molecule has 4 nitrogen and oxygen atoms in total. The summed E-state index contributed by atoms with van der Waals surface area (Å²) in [5.41, 5.74) is 0. The highest BCUT2D eigenvalue weighted by Crippen LogP contribution is 2.38. The molecule has 0 aromatic carbocycles. The van der Waals surface area contributed by atoms with Crippen molar-refractivity contribution < 1.29 is 13.5 Å². The fraction of sp³-hybridized carbons (Fsp3) is 0.833. The Kier molecular flexibility index (Phi) is 1.69. The van der Waals surface area contributed by atoms with Crippen molar-refractivity contribution >= 4 is 9.84 Å². The number of nitriles is 1. The fourth-order valence-corrected chi connectivity index (χ4v) is 2.33. The Morgan fingerprint density at radius 1 is 1.64 bits per heavy atom. The lowest BCUT2D eigenvalue weighted by atomic mass is 9.82. The first-order chi connectivity index (χ1) is 4.91. The second-order valence-corrected chi connectivity index (χ2v) is 5.27. The van der Waals surface area contributed by atoms with Gasteiger partial charge in [-0.1, -0.05) is 0 Å². The Hall–Kier alpha value is -0.600. The first kappa shape index (κ1) is 8.50. The summed E-state index contributed by atoms with van der Waals surface area (Å²) in [7, 11) is -3.33. The van der Waals surface area contributed by atoms with Crippen molar-refractivity contribution in [2.45, 2.75) is 23.7 Å². The zero-order valence-electron chi connectivity index (χ0n) is 6.11. The molecule has 0 aromatic heterocycles. The third-order valence-corrected chi connectivity index (χ3v) is 3.89. The van der Waals surface area contributed by atoms with E-state index in [9.17, 15) is 8.42 Å². The molecule has 1 rings (SSSR count). The fourth-order valence-electron chi connectivity index (χ4n) is 1.18. The lowest BCUT2D eigenvalue weighted by Gasteiger charge is -2.37. The number of hydrogen-bond acceptors (Lipinski definition) is 4. The summed E-state index contributed by atoms with van der Waals surface area (Å²) < 4.78 is 20.7. The van der Waals surface area contributed by atoms with E-state index < -0.39 is 20.7 Å². The molecule has 1 saturated carbocycles. The molecule has 1 fully saturated rings. The minimum atomic E-state index is -3.33. The Balaban J connectivity index is 2.93. The van der Waals surface area contributed by atoms with Crippen molar-refractivity contribution in [1.82, 2.24) is 0 Å². The van der Waals surface area contributed by atoms with Crippen molar-refractivity contribution in [3.05, 3.63) is 0 Å². The monoisotopic (exact) mass is 175 g/mol. The number of hydrogen-bond donors (Lipinski definition) is 1. The van der Waals surface area contributed by atoms with Crippen LogP contribution in [0.2, 0.25) is 0 Å². The largest absolute Gasteiger partial charge is 0.393 e. The number of rotatable bonds is 1. The van der Waals surface area contributed by atoms with Gasteiger partial charge < -0.3 is 5.11 Å². The summed E-state index contributed by atoms with van der Waals surface area (Å²) in [6.07, 6.45) is 0.525. The molecule has 0 radical (unpaired) electrons. The van der Waals surface area contributed by atoms with E-state index in [-0.39, 0.29) is 12.8 Å². The predicted octanol–water partition coefficient (Wildman–Crippen LogP) is -0.552. The first-order valence-electron chi connectivity index (χ1n) is 3.20. The van der Waals surface area contributed by atoms with Crippen LogP contribution in [0.1, 0.15) is 12.8 Å². The maximum atomic E-state index is 11.0. The molecule has 0 bridgehead atoms. The number of aliphatic hydroxyl groups excluding tert-OH is 1. The van der Waals surface area contributed by atoms with E-state index in [0.717, 1.165) is 6.26 Å². The quantitative estimate of drug-likeness (QED) is 0.580. The van der Waals surface area contributed by atoms with Gasteiger partial charge >= 0.3 is 0 Å². The van der Waals surface area contributed by atoms with Crippen LogP contribution in [0.4, 0.5) is 0 Å². The summed E-state index contributed by atoms with van der Waals surface area (Å²) in [4.78, 5) is 0. The van der Waals surface area contributed by atoms with Crippen LogP contribution in [-0.4, -0.2) is 30.6 Å². The molecule has 0 aromatic rings. The van der Waals surface area contributed by atoms with Gasteiger partial charge in [-0.05, 0) is 0 Å². The van der Waals surface area contributed by atoms with E-state index in [1.807, 2.05) is 0 Å². The van der Waals surface area contributed by atoms with Crippen LogP contribution in [0.15, 0.2) is 0 Å². The second kappa shape index (κ2) is 2.19. The van der Waals surface area contributed by atoms with Crippen LogP contribution < -0.4 is 0 Å². The molecule has 1 aliphatic rings. The average Bonchev–Trinajstić information content (AvgIpc) is 1.77. The van der Waals surface area contributed by atoms with E-state index in [4.69, 9.17) is 10.4 Å². The van der Waals surface area contributed by atoms with Gasteiger partial charge in [-0.2, -0.15) is 5.26 Å². The summed E-state index contributed by atoms with van der Waals surface area (Å²) >= 11 is 0. The van der Waals surface area contributed by atoms with Gasteiger partial charge in [0.2, 0.25) is 0 Å². The standard InChI is InChI=1S/C6H9NO3S/c1-11(9,10)6(4-7)2-5(8)3-6/h5,8H,2-3H2,1H3. The predicted molar refractivity (Wildman–Crippen MR) is 38.4 cm³/mol. The molecule has 11 heavy (non-hydrogen) atoms. The molecule has 1 aliphatic carbocycles. The molecule has 62 valence electrons. The average molecular weight is 175 g/mol. The topological polar surface area (TPSA) is 78.2 Å². The number of sulfone groups is 1. The van der Waals surface area contributed by atoms with Crippen LogP contribution in [0, 0.1) is 11.3 Å². The smallest absolute Gasteiger partial charge is 0.166 e. The van der Waals surface area contributed by atoms with Gasteiger partial charge in [-0.3, -0.25) is 0 Å². The summed E-state index contributed by atoms with van der Waals surface area (Å²) in [6.45, 7) is 0. The van der Waals surface area contributed by atoms with Gasteiger partial charge in [0.25, 0.3) is 0 Å². The molecular weight excluding hydrogens is 166 g/mol. The van der Waals surface area contributed by atoms with Crippen LogP contribution in [0.25, 0.3) is 0 Å². The van der Waals surface area contributed by atoms with Gasteiger partial charge in [0.15, 0.2) is 14.6 Å². The van der Waals surface area contributed by atoms with Crippen molar-refractivity contribution in [3.8, 4) is 6.07 Å². The SMILES string of the molecule is CS(=O)(=O)C1(C#N)CC(O)C1. The third kappa shape index (κ3) is 1.12. The van der Waals surface area contributed by atoms with Gasteiger partial charge in [0, 0.05) is 19.1 Å². The lowest BCUT2D eigenvalue weighted by Crippen LogP contribution is -2.51. The molecule has 0 amide bonds. The Morgan fingerprint density at radius 3 is 2.18 bits per heavy atom. The maximum absolute atomic E-state index is 11.0. The Bertz CT molecular complexity index is 294. The number of nitrogens with zero attached hydrogens (tertiary/aromatic N) is 1. The van der Waals surface area contributed by atoms with E-state index in [0.29, 0.717) is 0 Å². The number of aliphatic hydroxyl groups is 1. The van der Waals surface area contributed by atoms with Crippen LogP contribution in [-0.2, 0) is 9.84 Å². The Labute approximate surface area is 65.4 Å². The minimum Gasteiger partial charge on any atom is -0.393 e. The normalized spacial score (nSPS) is 37.4. The molecule has 0 atom stereocenters. The zero-order valence-corrected chi connectivity index (χ0v) is 6.93. The van der Waals surface area contributed by atoms with E-state index in [1.54, 1.807) is 6.07 Å². The molecule has 0 spiro atoms. The molecular formula is C6H9NO3S. The molecule has 0 aliphatic heterocycles. The molecule has 0 unspecified atom stereocenters. The van der Waals surface area contributed by atoms with Crippen molar-refractivity contribution in [2.75, 3.05) is 6.26 Å². The van der Waals surface area contributed by atoms with E-state index in [2.05, 4.69) is 0 Å².